The van der Waals surface area contributed by atoms with Crippen molar-refractivity contribution in [2.45, 2.75) is 45.1 Å². The highest BCUT2D eigenvalue weighted by molar-refractivity contribution is 6.00. The quantitative estimate of drug-likeness (QED) is 0.603. The van der Waals surface area contributed by atoms with Crippen LogP contribution in [-0.2, 0) is 17.6 Å². The number of likely N-dealkylation sites (tertiary alicyclic amines) is 1. The van der Waals surface area contributed by atoms with E-state index in [4.69, 9.17) is 9.97 Å². The van der Waals surface area contributed by atoms with Crippen LogP contribution in [0.5, 0.6) is 0 Å². The van der Waals surface area contributed by atoms with Gasteiger partial charge in [-0.15, -0.1) is 0 Å². The summed E-state index contributed by atoms with van der Waals surface area (Å²) in [6, 6.07) is 9.88. The maximum Gasteiger partial charge on any atom is 0.274 e. The number of fused-ring (bicyclic) bond motifs is 1. The molecule has 0 N–H and O–H groups in total. The van der Waals surface area contributed by atoms with Gasteiger partial charge in [0.1, 0.15) is 11.5 Å². The fraction of sp³-hybridized carbons (Fsp3) is 0.360. The molecule has 0 unspecified atom stereocenters. The standard InChI is InChI=1S/C25H26N6O2/c1-17-19-15-22(32)31(14-10-18-7-3-2-4-8-18)24(19)29-23(28-17)21-9-5-6-13-30(21)25(33)20-16-26-11-12-27-20/h2-4,7-8,11-12,16,21H,5-6,9-10,13-15H2,1H3/t21-/m1/s1. The van der Waals surface area contributed by atoms with Crippen LogP contribution >= 0.6 is 0 Å². The number of carbonyl (C=O) groups excluding carboxylic acids is 2. The van der Waals surface area contributed by atoms with Crippen molar-refractivity contribution in [2.24, 2.45) is 0 Å². The monoisotopic (exact) mass is 442 g/mol. The number of rotatable bonds is 5. The van der Waals surface area contributed by atoms with E-state index in [1.54, 1.807) is 16.0 Å². The van der Waals surface area contributed by atoms with Crippen LogP contribution in [0.2, 0.25) is 0 Å². The van der Waals surface area contributed by atoms with Gasteiger partial charge in [-0.3, -0.25) is 19.5 Å². The minimum absolute atomic E-state index is 0.0478. The Morgan fingerprint density at radius 2 is 1.97 bits per heavy atom. The van der Waals surface area contributed by atoms with Crippen molar-refractivity contribution in [1.82, 2.24) is 24.8 Å². The Bertz CT molecular complexity index is 1170. The summed E-state index contributed by atoms with van der Waals surface area (Å²) in [6.07, 6.45) is 8.35. The number of amides is 2. The number of aromatic nitrogens is 4. The van der Waals surface area contributed by atoms with Gasteiger partial charge in [0.2, 0.25) is 5.91 Å². The Morgan fingerprint density at radius 3 is 2.76 bits per heavy atom. The van der Waals surface area contributed by atoms with E-state index in [9.17, 15) is 9.59 Å². The molecule has 2 aliphatic heterocycles. The second-order valence-electron chi connectivity index (χ2n) is 8.53. The molecule has 1 aromatic carbocycles. The molecule has 4 heterocycles. The largest absolute Gasteiger partial charge is 0.327 e. The third-order valence-corrected chi connectivity index (χ3v) is 6.40. The van der Waals surface area contributed by atoms with Crippen molar-refractivity contribution in [3.63, 3.8) is 0 Å². The van der Waals surface area contributed by atoms with Gasteiger partial charge in [-0.2, -0.15) is 0 Å². The molecule has 0 radical (unpaired) electrons. The van der Waals surface area contributed by atoms with Crippen molar-refractivity contribution < 1.29 is 9.59 Å². The normalized spacial score (nSPS) is 17.8. The smallest absolute Gasteiger partial charge is 0.274 e. The van der Waals surface area contributed by atoms with E-state index >= 15 is 0 Å². The molecule has 1 atom stereocenters. The van der Waals surface area contributed by atoms with Crippen LogP contribution in [0.15, 0.2) is 48.9 Å². The third-order valence-electron chi connectivity index (χ3n) is 6.40. The first-order valence-corrected chi connectivity index (χ1v) is 11.4. The average molecular weight is 443 g/mol. The summed E-state index contributed by atoms with van der Waals surface area (Å²) in [5.41, 5.74) is 3.20. The summed E-state index contributed by atoms with van der Waals surface area (Å²) in [4.78, 5) is 47.4. The number of hydrogen-bond donors (Lipinski definition) is 0. The Kier molecular flexibility index (Phi) is 5.81. The number of hydrogen-bond acceptors (Lipinski definition) is 6. The molecule has 0 spiro atoms. The van der Waals surface area contributed by atoms with Crippen molar-refractivity contribution in [1.29, 1.82) is 0 Å². The molecule has 0 aliphatic carbocycles. The predicted molar refractivity (Wildman–Crippen MR) is 123 cm³/mol. The third kappa shape index (κ3) is 4.20. The predicted octanol–water partition coefficient (Wildman–Crippen LogP) is 3.07. The summed E-state index contributed by atoms with van der Waals surface area (Å²) < 4.78 is 0. The molecule has 0 bridgehead atoms. The Hall–Kier alpha value is -3.68. The van der Waals surface area contributed by atoms with Gasteiger partial charge in [0.05, 0.1) is 18.7 Å². The van der Waals surface area contributed by atoms with Crippen molar-refractivity contribution >= 4 is 17.6 Å². The zero-order valence-corrected chi connectivity index (χ0v) is 18.6. The number of anilines is 1. The molecular formula is C25H26N6O2. The summed E-state index contributed by atoms with van der Waals surface area (Å²) in [5.74, 6) is 1.18. The van der Waals surface area contributed by atoms with Crippen LogP contribution < -0.4 is 4.90 Å². The number of nitrogens with zero attached hydrogens (tertiary/aromatic N) is 6. The van der Waals surface area contributed by atoms with Crippen LogP contribution in [0, 0.1) is 6.92 Å². The highest BCUT2D eigenvalue weighted by Crippen LogP contribution is 2.35. The van der Waals surface area contributed by atoms with E-state index in [-0.39, 0.29) is 17.9 Å². The van der Waals surface area contributed by atoms with Gasteiger partial charge in [-0.1, -0.05) is 30.3 Å². The van der Waals surface area contributed by atoms with Gasteiger partial charge in [-0.05, 0) is 38.2 Å². The molecule has 1 saturated heterocycles. The molecule has 168 valence electrons. The Labute approximate surface area is 192 Å². The van der Waals surface area contributed by atoms with E-state index in [1.807, 2.05) is 25.1 Å². The molecule has 2 aliphatic rings. The van der Waals surface area contributed by atoms with E-state index in [2.05, 4.69) is 22.1 Å². The molecule has 2 amide bonds. The summed E-state index contributed by atoms with van der Waals surface area (Å²) >= 11 is 0. The fourth-order valence-electron chi connectivity index (χ4n) is 4.66. The van der Waals surface area contributed by atoms with Gasteiger partial charge in [0.25, 0.3) is 5.91 Å². The maximum absolute atomic E-state index is 13.2. The lowest BCUT2D eigenvalue weighted by molar-refractivity contribution is -0.117. The second-order valence-corrected chi connectivity index (χ2v) is 8.53. The molecule has 2 aromatic heterocycles. The van der Waals surface area contributed by atoms with Crippen LogP contribution in [-0.4, -0.2) is 49.7 Å². The lowest BCUT2D eigenvalue weighted by Gasteiger charge is -2.35. The van der Waals surface area contributed by atoms with Gasteiger partial charge >= 0.3 is 0 Å². The zero-order chi connectivity index (χ0) is 22.8. The van der Waals surface area contributed by atoms with E-state index in [0.29, 0.717) is 36.8 Å². The Morgan fingerprint density at radius 1 is 1.12 bits per heavy atom. The molecule has 5 rings (SSSR count). The highest BCUT2D eigenvalue weighted by atomic mass is 16.2. The van der Waals surface area contributed by atoms with Crippen LogP contribution in [0.3, 0.4) is 0 Å². The second kappa shape index (κ2) is 9.05. The van der Waals surface area contributed by atoms with Crippen LogP contribution in [0.4, 0.5) is 5.82 Å². The lowest BCUT2D eigenvalue weighted by atomic mass is 10.0. The number of carbonyl (C=O) groups is 2. The SMILES string of the molecule is Cc1nc([C@H]2CCCCN2C(=O)c2cnccn2)nc2c1CC(=O)N2CCc1ccccc1. The molecule has 8 nitrogen and oxygen atoms in total. The lowest BCUT2D eigenvalue weighted by Crippen LogP contribution is -2.40. The first-order chi connectivity index (χ1) is 16.1. The molecule has 1 fully saturated rings. The van der Waals surface area contributed by atoms with Gasteiger partial charge in [-0.25, -0.2) is 15.0 Å². The summed E-state index contributed by atoms with van der Waals surface area (Å²) in [6.45, 7) is 3.12. The van der Waals surface area contributed by atoms with E-state index < -0.39 is 0 Å². The van der Waals surface area contributed by atoms with Crippen LogP contribution in [0.1, 0.15) is 58.4 Å². The zero-order valence-electron chi connectivity index (χ0n) is 18.6. The van der Waals surface area contributed by atoms with E-state index in [0.717, 1.165) is 36.9 Å². The highest BCUT2D eigenvalue weighted by Gasteiger charge is 2.35. The summed E-state index contributed by atoms with van der Waals surface area (Å²) in [5, 5.41) is 0. The van der Waals surface area contributed by atoms with Crippen molar-refractivity contribution in [3.05, 3.63) is 77.3 Å². The topological polar surface area (TPSA) is 92.2 Å². The Balaban J connectivity index is 1.44. The number of aryl methyl sites for hydroxylation is 1. The minimum Gasteiger partial charge on any atom is -0.327 e. The first kappa shape index (κ1) is 21.2. The van der Waals surface area contributed by atoms with E-state index in [1.165, 1.54) is 18.0 Å². The maximum atomic E-state index is 13.2. The molecular weight excluding hydrogens is 416 g/mol. The first-order valence-electron chi connectivity index (χ1n) is 11.4. The minimum atomic E-state index is -0.246. The summed E-state index contributed by atoms with van der Waals surface area (Å²) in [7, 11) is 0. The molecule has 3 aromatic rings. The molecule has 33 heavy (non-hydrogen) atoms. The van der Waals surface area contributed by atoms with Crippen LogP contribution in [0.25, 0.3) is 0 Å². The van der Waals surface area contributed by atoms with Crippen molar-refractivity contribution in [3.8, 4) is 0 Å². The number of piperidine rings is 1. The average Bonchev–Trinajstić information content (AvgIpc) is 3.19. The van der Waals surface area contributed by atoms with Gasteiger partial charge in [0.15, 0.2) is 5.82 Å². The van der Waals surface area contributed by atoms with Crippen molar-refractivity contribution in [2.75, 3.05) is 18.0 Å². The number of benzene rings is 1. The molecule has 8 heteroatoms. The molecule has 0 saturated carbocycles. The van der Waals surface area contributed by atoms with Gasteiger partial charge in [0, 0.05) is 36.7 Å². The van der Waals surface area contributed by atoms with Gasteiger partial charge < -0.3 is 4.90 Å². The fourth-order valence-corrected chi connectivity index (χ4v) is 4.66.